The van der Waals surface area contributed by atoms with E-state index < -0.39 is 18.0 Å². The molecule has 1 saturated carbocycles. The Bertz CT molecular complexity index is 1140. The zero-order valence-electron chi connectivity index (χ0n) is 24.4. The van der Waals surface area contributed by atoms with Gasteiger partial charge in [-0.2, -0.15) is 0 Å². The molecule has 1 aliphatic carbocycles. The second-order valence-electron chi connectivity index (χ2n) is 11.0. The third-order valence-corrected chi connectivity index (χ3v) is 7.80. The van der Waals surface area contributed by atoms with Crippen LogP contribution in [0.2, 0.25) is 0 Å². The lowest BCUT2D eigenvalue weighted by Gasteiger charge is -2.28. The van der Waals surface area contributed by atoms with Crippen molar-refractivity contribution >= 4 is 17.7 Å². The number of hydrogen-bond acceptors (Lipinski definition) is 4. The average Bonchev–Trinajstić information content (AvgIpc) is 3.81. The normalized spacial score (nSPS) is 15.8. The molecule has 0 heterocycles. The van der Waals surface area contributed by atoms with Crippen LogP contribution < -0.4 is 15.4 Å². The smallest absolute Gasteiger partial charge is 0.243 e. The van der Waals surface area contributed by atoms with Crippen LogP contribution in [0.5, 0.6) is 5.75 Å². The highest BCUT2D eigenvalue weighted by Crippen LogP contribution is 2.37. The fourth-order valence-electron chi connectivity index (χ4n) is 4.77. The van der Waals surface area contributed by atoms with Gasteiger partial charge >= 0.3 is 0 Å². The topological polar surface area (TPSA) is 87.7 Å². The van der Waals surface area contributed by atoms with Crippen molar-refractivity contribution in [2.24, 2.45) is 11.8 Å². The number of carbonyl (C=O) groups is 3. The summed E-state index contributed by atoms with van der Waals surface area (Å²) in [5.74, 6) is 0.0866. The number of nitrogens with one attached hydrogen (secondary N) is 2. The van der Waals surface area contributed by atoms with Gasteiger partial charge < -0.3 is 20.3 Å². The Kier molecular flexibility index (Phi) is 11.5. The number of rotatable bonds is 15. The zero-order chi connectivity index (χ0) is 29.2. The lowest BCUT2D eigenvalue weighted by atomic mass is 9.96. The van der Waals surface area contributed by atoms with Gasteiger partial charge in [0, 0.05) is 25.9 Å². The maximum Gasteiger partial charge on any atom is 0.243 e. The number of carbonyl (C=O) groups excluding carboxylic acids is 3. The van der Waals surface area contributed by atoms with Crippen LogP contribution in [-0.2, 0) is 20.8 Å². The first-order chi connectivity index (χ1) is 19.1. The van der Waals surface area contributed by atoms with Gasteiger partial charge in [0.2, 0.25) is 17.7 Å². The maximum atomic E-state index is 13.5. The summed E-state index contributed by atoms with van der Waals surface area (Å²) in [4.78, 5) is 40.8. The van der Waals surface area contributed by atoms with Crippen molar-refractivity contribution in [3.63, 3.8) is 0 Å². The Morgan fingerprint density at radius 2 is 1.70 bits per heavy atom. The van der Waals surface area contributed by atoms with E-state index in [9.17, 15) is 18.8 Å². The summed E-state index contributed by atoms with van der Waals surface area (Å²) in [5.41, 5.74) is 1.81. The Morgan fingerprint density at radius 3 is 2.35 bits per heavy atom. The minimum atomic E-state index is -0.875. The van der Waals surface area contributed by atoms with Gasteiger partial charge in [0.15, 0.2) is 0 Å². The van der Waals surface area contributed by atoms with Crippen LogP contribution in [0.3, 0.4) is 0 Å². The van der Waals surface area contributed by atoms with Crippen molar-refractivity contribution < 1.29 is 23.5 Å². The molecule has 218 valence electrons. The number of ether oxygens (including phenoxy) is 1. The van der Waals surface area contributed by atoms with Gasteiger partial charge in [0.05, 0.1) is 6.61 Å². The number of nitrogens with zero attached hydrogens (tertiary/aromatic N) is 1. The van der Waals surface area contributed by atoms with E-state index in [1.165, 1.54) is 17.0 Å². The first kappa shape index (κ1) is 31.1. The van der Waals surface area contributed by atoms with Crippen molar-refractivity contribution in [3.8, 4) is 5.75 Å². The van der Waals surface area contributed by atoms with Gasteiger partial charge in [-0.3, -0.25) is 14.4 Å². The summed E-state index contributed by atoms with van der Waals surface area (Å²) < 4.78 is 19.4. The molecule has 8 heteroatoms. The molecular weight excluding hydrogens is 509 g/mol. The van der Waals surface area contributed by atoms with Gasteiger partial charge in [-0.05, 0) is 73.8 Å². The van der Waals surface area contributed by atoms with Crippen LogP contribution in [0, 0.1) is 17.7 Å². The highest BCUT2D eigenvalue weighted by Gasteiger charge is 2.36. The summed E-state index contributed by atoms with van der Waals surface area (Å²) in [6, 6.07) is 12.2. The molecule has 2 N–H and O–H groups in total. The monoisotopic (exact) mass is 553 g/mol. The molecule has 2 aromatic rings. The molecule has 0 radical (unpaired) electrons. The van der Waals surface area contributed by atoms with E-state index in [0.29, 0.717) is 25.5 Å². The summed E-state index contributed by atoms with van der Waals surface area (Å²) in [6.07, 6.45) is 3.88. The molecule has 0 spiro atoms. The molecule has 0 saturated heterocycles. The van der Waals surface area contributed by atoms with Crippen LogP contribution in [0.1, 0.15) is 70.4 Å². The molecule has 0 aromatic heterocycles. The van der Waals surface area contributed by atoms with Crippen LogP contribution in [0.4, 0.5) is 4.39 Å². The van der Waals surface area contributed by atoms with E-state index in [1.54, 1.807) is 26.1 Å². The molecule has 3 amide bonds. The SMILES string of the molecule is CCCOc1ccccc1C(C)CCNC(=O)[C@@H](Cc1ccc(F)cc1)NC(=O)[C@@H](C)N(C)C(=O)C(C)C1CC1. The maximum absolute atomic E-state index is 13.5. The summed E-state index contributed by atoms with van der Waals surface area (Å²) in [6.45, 7) is 8.78. The van der Waals surface area contributed by atoms with Gasteiger partial charge in [-0.25, -0.2) is 4.39 Å². The van der Waals surface area contributed by atoms with E-state index in [-0.39, 0.29) is 35.9 Å². The minimum absolute atomic E-state index is 0.0677. The van der Waals surface area contributed by atoms with Gasteiger partial charge in [-0.15, -0.1) is 0 Å². The van der Waals surface area contributed by atoms with Crippen LogP contribution >= 0.6 is 0 Å². The molecule has 0 bridgehead atoms. The van der Waals surface area contributed by atoms with Crippen LogP contribution in [0.25, 0.3) is 0 Å². The third-order valence-electron chi connectivity index (χ3n) is 7.80. The summed E-state index contributed by atoms with van der Waals surface area (Å²) >= 11 is 0. The van der Waals surface area contributed by atoms with Crippen LogP contribution in [-0.4, -0.2) is 54.9 Å². The summed E-state index contributed by atoms with van der Waals surface area (Å²) in [7, 11) is 1.63. The largest absolute Gasteiger partial charge is 0.493 e. The number of likely N-dealkylation sites (N-methyl/N-ethyl adjacent to an activating group) is 1. The molecule has 4 atom stereocenters. The fourth-order valence-corrected chi connectivity index (χ4v) is 4.77. The van der Waals surface area contributed by atoms with Crippen molar-refractivity contribution in [1.82, 2.24) is 15.5 Å². The van der Waals surface area contributed by atoms with Crippen LogP contribution in [0.15, 0.2) is 48.5 Å². The Labute approximate surface area is 237 Å². The zero-order valence-corrected chi connectivity index (χ0v) is 24.4. The predicted octanol–water partition coefficient (Wildman–Crippen LogP) is 4.84. The first-order valence-electron chi connectivity index (χ1n) is 14.4. The standard InChI is InChI=1S/C32H44FN3O4/c1-6-19-40-29-10-8-7-9-27(29)21(2)17-18-34-31(38)28(20-24-11-15-26(33)16-12-24)35-30(37)23(4)36(5)32(39)22(3)25-13-14-25/h7-12,15-16,21-23,25,28H,6,13-14,17-20H2,1-5H3,(H,34,38)(H,35,37)/t21?,22?,23-,28-/m1/s1. The Hall–Kier alpha value is -3.42. The quantitative estimate of drug-likeness (QED) is 0.330. The molecule has 1 fully saturated rings. The molecule has 7 nitrogen and oxygen atoms in total. The van der Waals surface area contributed by atoms with E-state index in [1.807, 2.05) is 31.2 Å². The van der Waals surface area contributed by atoms with Crippen molar-refractivity contribution in [3.05, 3.63) is 65.5 Å². The Balaban J connectivity index is 1.63. The lowest BCUT2D eigenvalue weighted by Crippen LogP contribution is -2.54. The average molecular weight is 554 g/mol. The van der Waals surface area contributed by atoms with Crippen molar-refractivity contribution in [2.75, 3.05) is 20.2 Å². The minimum Gasteiger partial charge on any atom is -0.493 e. The second kappa shape index (κ2) is 14.8. The molecule has 3 rings (SSSR count). The van der Waals surface area contributed by atoms with E-state index in [4.69, 9.17) is 4.74 Å². The molecule has 0 aliphatic heterocycles. The third kappa shape index (κ3) is 8.80. The number of para-hydroxylation sites is 1. The van der Waals surface area contributed by atoms with Crippen molar-refractivity contribution in [2.45, 2.75) is 77.8 Å². The second-order valence-corrected chi connectivity index (χ2v) is 11.0. The highest BCUT2D eigenvalue weighted by molar-refractivity contribution is 5.92. The van der Waals surface area contributed by atoms with E-state index in [0.717, 1.165) is 36.1 Å². The molecule has 40 heavy (non-hydrogen) atoms. The highest BCUT2D eigenvalue weighted by atomic mass is 19.1. The number of halogens is 1. The van der Waals surface area contributed by atoms with Gasteiger partial charge in [-0.1, -0.05) is 51.1 Å². The van der Waals surface area contributed by atoms with E-state index in [2.05, 4.69) is 24.5 Å². The van der Waals surface area contributed by atoms with Gasteiger partial charge in [0.25, 0.3) is 0 Å². The fraction of sp³-hybridized carbons (Fsp3) is 0.531. The number of benzene rings is 2. The molecule has 2 aromatic carbocycles. The molecule has 1 aliphatic rings. The lowest BCUT2D eigenvalue weighted by molar-refractivity contribution is -0.142. The number of hydrogen-bond donors (Lipinski definition) is 2. The number of amides is 3. The first-order valence-corrected chi connectivity index (χ1v) is 14.4. The Morgan fingerprint density at radius 1 is 1.02 bits per heavy atom. The van der Waals surface area contributed by atoms with E-state index >= 15 is 0 Å². The van der Waals surface area contributed by atoms with Crippen molar-refractivity contribution in [1.29, 1.82) is 0 Å². The molecule has 2 unspecified atom stereocenters. The summed E-state index contributed by atoms with van der Waals surface area (Å²) in [5, 5.41) is 5.81. The predicted molar refractivity (Wildman–Crippen MR) is 154 cm³/mol. The van der Waals surface area contributed by atoms with Gasteiger partial charge in [0.1, 0.15) is 23.7 Å². The molecular formula is C32H44FN3O4.